The van der Waals surface area contributed by atoms with Crippen molar-refractivity contribution in [3.63, 3.8) is 0 Å². The monoisotopic (exact) mass is 267 g/mol. The standard InChI is InChI=1S/C11H22ClNO2S/c1-2-10(7-8-12)9-13-16(14,15)11-5-3-4-6-11/h10-11,13H,2-9H2,1H3. The zero-order valence-corrected chi connectivity index (χ0v) is 11.5. The van der Waals surface area contributed by atoms with E-state index in [-0.39, 0.29) is 5.25 Å². The Balaban J connectivity index is 2.40. The minimum absolute atomic E-state index is 0.152. The maximum absolute atomic E-state index is 11.9. The van der Waals surface area contributed by atoms with Gasteiger partial charge in [-0.15, -0.1) is 11.6 Å². The molecule has 0 amide bonds. The third-order valence-corrected chi connectivity index (χ3v) is 5.55. The Labute approximate surface area is 104 Å². The van der Waals surface area contributed by atoms with Gasteiger partial charge in [-0.05, 0) is 25.2 Å². The summed E-state index contributed by atoms with van der Waals surface area (Å²) in [6, 6.07) is 0. The van der Waals surface area contributed by atoms with Crippen molar-refractivity contribution in [1.82, 2.24) is 4.72 Å². The zero-order chi connectivity index (χ0) is 12.0. The lowest BCUT2D eigenvalue weighted by Gasteiger charge is -2.17. The Morgan fingerprint density at radius 2 is 2.00 bits per heavy atom. The largest absolute Gasteiger partial charge is 0.215 e. The molecule has 0 aromatic carbocycles. The fraction of sp³-hybridized carbons (Fsp3) is 1.00. The SMILES string of the molecule is CCC(CCCl)CNS(=O)(=O)C1CCCC1. The fourth-order valence-electron chi connectivity index (χ4n) is 2.16. The minimum atomic E-state index is -3.08. The van der Waals surface area contributed by atoms with E-state index in [2.05, 4.69) is 11.6 Å². The predicted molar refractivity (Wildman–Crippen MR) is 68.3 cm³/mol. The second-order valence-corrected chi connectivity index (χ2v) is 6.98. The average Bonchev–Trinajstić information content (AvgIpc) is 2.78. The highest BCUT2D eigenvalue weighted by molar-refractivity contribution is 7.90. The van der Waals surface area contributed by atoms with Gasteiger partial charge in [-0.3, -0.25) is 0 Å². The molecule has 0 aromatic rings. The molecule has 0 aromatic heterocycles. The molecule has 1 fully saturated rings. The van der Waals surface area contributed by atoms with E-state index in [9.17, 15) is 8.42 Å². The summed E-state index contributed by atoms with van der Waals surface area (Å²) in [5.41, 5.74) is 0. The first-order valence-corrected chi connectivity index (χ1v) is 8.22. The molecular formula is C11H22ClNO2S. The molecule has 0 spiro atoms. The molecule has 0 saturated heterocycles. The van der Waals surface area contributed by atoms with Crippen LogP contribution in [-0.2, 0) is 10.0 Å². The van der Waals surface area contributed by atoms with Crippen LogP contribution in [0.2, 0.25) is 0 Å². The summed E-state index contributed by atoms with van der Waals surface area (Å²) in [7, 11) is -3.08. The highest BCUT2D eigenvalue weighted by Crippen LogP contribution is 2.24. The van der Waals surface area contributed by atoms with E-state index in [0.717, 1.165) is 38.5 Å². The molecule has 0 aliphatic heterocycles. The van der Waals surface area contributed by atoms with Crippen LogP contribution in [0.25, 0.3) is 0 Å². The second kappa shape index (κ2) is 6.82. The van der Waals surface area contributed by atoms with Crippen molar-refractivity contribution in [2.75, 3.05) is 12.4 Å². The minimum Gasteiger partial charge on any atom is -0.215 e. The van der Waals surface area contributed by atoms with Crippen molar-refractivity contribution in [3.05, 3.63) is 0 Å². The highest BCUT2D eigenvalue weighted by atomic mass is 35.5. The molecule has 1 saturated carbocycles. The van der Waals surface area contributed by atoms with E-state index in [1.165, 1.54) is 0 Å². The molecule has 3 nitrogen and oxygen atoms in total. The third-order valence-electron chi connectivity index (χ3n) is 3.41. The van der Waals surface area contributed by atoms with Gasteiger partial charge in [0.1, 0.15) is 0 Å². The molecule has 96 valence electrons. The maximum Gasteiger partial charge on any atom is 0.214 e. The van der Waals surface area contributed by atoms with E-state index >= 15 is 0 Å². The third kappa shape index (κ3) is 4.22. The maximum atomic E-state index is 11.9. The summed E-state index contributed by atoms with van der Waals surface area (Å²) >= 11 is 5.67. The first kappa shape index (κ1) is 14.3. The quantitative estimate of drug-likeness (QED) is 0.721. The smallest absolute Gasteiger partial charge is 0.214 e. The van der Waals surface area contributed by atoms with Crippen LogP contribution >= 0.6 is 11.6 Å². The van der Waals surface area contributed by atoms with Gasteiger partial charge in [0.2, 0.25) is 10.0 Å². The van der Waals surface area contributed by atoms with Gasteiger partial charge in [0, 0.05) is 12.4 Å². The Hall–Kier alpha value is 0.200. The predicted octanol–water partition coefficient (Wildman–Crippen LogP) is 2.50. The molecular weight excluding hydrogens is 246 g/mol. The first-order valence-electron chi connectivity index (χ1n) is 6.14. The molecule has 1 unspecified atom stereocenters. The molecule has 0 heterocycles. The second-order valence-electron chi connectivity index (χ2n) is 4.55. The number of rotatable bonds is 7. The van der Waals surface area contributed by atoms with Crippen LogP contribution in [-0.4, -0.2) is 26.1 Å². The van der Waals surface area contributed by atoms with Crippen molar-refractivity contribution in [2.45, 2.75) is 50.7 Å². The first-order chi connectivity index (χ1) is 7.60. The number of halogens is 1. The Bertz CT molecular complexity index is 286. The number of hydrogen-bond acceptors (Lipinski definition) is 2. The van der Waals surface area contributed by atoms with Crippen molar-refractivity contribution in [1.29, 1.82) is 0 Å². The van der Waals surface area contributed by atoms with Crippen molar-refractivity contribution in [3.8, 4) is 0 Å². The molecule has 1 rings (SSSR count). The van der Waals surface area contributed by atoms with Crippen LogP contribution in [0.1, 0.15) is 45.4 Å². The molecule has 1 atom stereocenters. The van der Waals surface area contributed by atoms with Crippen LogP contribution in [0.4, 0.5) is 0 Å². The lowest BCUT2D eigenvalue weighted by Crippen LogP contribution is -2.36. The van der Waals surface area contributed by atoms with Crippen LogP contribution in [0.3, 0.4) is 0 Å². The van der Waals surface area contributed by atoms with Gasteiger partial charge in [-0.1, -0.05) is 26.2 Å². The normalized spacial score (nSPS) is 20.1. The van der Waals surface area contributed by atoms with E-state index < -0.39 is 10.0 Å². The molecule has 16 heavy (non-hydrogen) atoms. The highest BCUT2D eigenvalue weighted by Gasteiger charge is 2.28. The van der Waals surface area contributed by atoms with E-state index in [1.807, 2.05) is 0 Å². The molecule has 1 aliphatic rings. The van der Waals surface area contributed by atoms with Gasteiger partial charge in [0.05, 0.1) is 5.25 Å². The molecule has 0 bridgehead atoms. The summed E-state index contributed by atoms with van der Waals surface area (Å²) in [4.78, 5) is 0. The summed E-state index contributed by atoms with van der Waals surface area (Å²) in [5.74, 6) is 0.970. The van der Waals surface area contributed by atoms with Gasteiger partial charge in [-0.2, -0.15) is 0 Å². The van der Waals surface area contributed by atoms with Crippen LogP contribution in [0.5, 0.6) is 0 Å². The van der Waals surface area contributed by atoms with E-state index in [4.69, 9.17) is 11.6 Å². The number of nitrogens with one attached hydrogen (secondary N) is 1. The molecule has 5 heteroatoms. The van der Waals surface area contributed by atoms with Crippen LogP contribution in [0, 0.1) is 5.92 Å². The van der Waals surface area contributed by atoms with Gasteiger partial charge >= 0.3 is 0 Å². The average molecular weight is 268 g/mol. The zero-order valence-electron chi connectivity index (χ0n) is 9.91. The van der Waals surface area contributed by atoms with Crippen molar-refractivity contribution < 1.29 is 8.42 Å². The van der Waals surface area contributed by atoms with Crippen LogP contribution < -0.4 is 4.72 Å². The Kier molecular flexibility index (Phi) is 6.08. The van der Waals surface area contributed by atoms with Gasteiger partial charge < -0.3 is 0 Å². The van der Waals surface area contributed by atoms with Gasteiger partial charge in [0.15, 0.2) is 0 Å². The topological polar surface area (TPSA) is 46.2 Å². The van der Waals surface area contributed by atoms with Gasteiger partial charge in [-0.25, -0.2) is 13.1 Å². The summed E-state index contributed by atoms with van der Waals surface area (Å²) in [6.07, 6.45) is 5.59. The van der Waals surface area contributed by atoms with Crippen LogP contribution in [0.15, 0.2) is 0 Å². The number of alkyl halides is 1. The number of sulfonamides is 1. The summed E-state index contributed by atoms with van der Waals surface area (Å²) in [5, 5.41) is -0.152. The Morgan fingerprint density at radius 1 is 1.38 bits per heavy atom. The molecule has 1 N–H and O–H groups in total. The summed E-state index contributed by atoms with van der Waals surface area (Å²) < 4.78 is 26.6. The lowest BCUT2D eigenvalue weighted by atomic mass is 10.0. The molecule has 0 radical (unpaired) electrons. The number of hydrogen-bond donors (Lipinski definition) is 1. The molecule has 1 aliphatic carbocycles. The van der Waals surface area contributed by atoms with Crippen molar-refractivity contribution in [2.24, 2.45) is 5.92 Å². The summed E-state index contributed by atoms with van der Waals surface area (Å²) in [6.45, 7) is 2.61. The van der Waals surface area contributed by atoms with Gasteiger partial charge in [0.25, 0.3) is 0 Å². The van der Waals surface area contributed by atoms with E-state index in [1.54, 1.807) is 0 Å². The Morgan fingerprint density at radius 3 is 2.50 bits per heavy atom. The van der Waals surface area contributed by atoms with Crippen molar-refractivity contribution >= 4 is 21.6 Å². The fourth-order valence-corrected chi connectivity index (χ4v) is 4.12. The lowest BCUT2D eigenvalue weighted by molar-refractivity contribution is 0.477. The van der Waals surface area contributed by atoms with E-state index in [0.29, 0.717) is 18.3 Å².